The first kappa shape index (κ1) is 18.7. The molecule has 1 heterocycles. The summed E-state index contributed by atoms with van der Waals surface area (Å²) in [5.74, 6) is -1.67. The summed E-state index contributed by atoms with van der Waals surface area (Å²) in [6, 6.07) is 11.1. The van der Waals surface area contributed by atoms with Gasteiger partial charge in [-0.3, -0.25) is 4.79 Å². The number of amides is 1. The van der Waals surface area contributed by atoms with Crippen LogP contribution < -0.4 is 5.32 Å². The number of aromatic nitrogens is 1. The molecule has 0 aliphatic heterocycles. The standard InChI is InChI=1S/C19H17FN2O4S/c1-2-27(25,26)14-6-8-18(23)16(12-14)21-19(24)13-5-7-17(15(20)11-13)22-9-3-4-10-22/h3-12,23H,2H2,1H3,(H,21,24). The van der Waals surface area contributed by atoms with Gasteiger partial charge in [0.25, 0.3) is 5.91 Å². The van der Waals surface area contributed by atoms with Crippen LogP contribution in [0, 0.1) is 5.82 Å². The fraction of sp³-hybridized carbons (Fsp3) is 0.105. The molecule has 0 aliphatic rings. The maximum Gasteiger partial charge on any atom is 0.255 e. The van der Waals surface area contributed by atoms with Gasteiger partial charge in [-0.25, -0.2) is 12.8 Å². The van der Waals surface area contributed by atoms with Gasteiger partial charge >= 0.3 is 0 Å². The molecule has 0 saturated heterocycles. The Balaban J connectivity index is 1.88. The van der Waals surface area contributed by atoms with E-state index in [2.05, 4.69) is 5.32 Å². The van der Waals surface area contributed by atoms with Gasteiger partial charge in [0.1, 0.15) is 11.6 Å². The summed E-state index contributed by atoms with van der Waals surface area (Å²) >= 11 is 0. The topological polar surface area (TPSA) is 88.4 Å². The third-order valence-corrected chi connectivity index (χ3v) is 5.78. The monoisotopic (exact) mass is 388 g/mol. The zero-order valence-electron chi connectivity index (χ0n) is 14.4. The van der Waals surface area contributed by atoms with E-state index in [1.165, 1.54) is 37.3 Å². The number of sulfone groups is 1. The van der Waals surface area contributed by atoms with Crippen molar-refractivity contribution < 1.29 is 22.7 Å². The van der Waals surface area contributed by atoms with E-state index in [0.29, 0.717) is 0 Å². The molecule has 3 rings (SSSR count). The number of anilines is 1. The Morgan fingerprint density at radius 2 is 1.85 bits per heavy atom. The van der Waals surface area contributed by atoms with E-state index in [4.69, 9.17) is 0 Å². The molecule has 1 aromatic heterocycles. The zero-order chi connectivity index (χ0) is 19.6. The maximum absolute atomic E-state index is 14.3. The van der Waals surface area contributed by atoms with Gasteiger partial charge in [0.2, 0.25) is 0 Å². The SMILES string of the molecule is CCS(=O)(=O)c1ccc(O)c(NC(=O)c2ccc(-n3cccc3)c(F)c2)c1. The molecule has 2 aromatic carbocycles. The smallest absolute Gasteiger partial charge is 0.255 e. The molecule has 0 saturated carbocycles. The van der Waals surface area contributed by atoms with Crippen LogP contribution in [-0.2, 0) is 9.84 Å². The third kappa shape index (κ3) is 3.85. The molecule has 0 aliphatic carbocycles. The average molecular weight is 388 g/mol. The van der Waals surface area contributed by atoms with Crippen LogP contribution in [0.25, 0.3) is 5.69 Å². The van der Waals surface area contributed by atoms with E-state index >= 15 is 0 Å². The minimum atomic E-state index is -3.50. The number of carbonyl (C=O) groups excluding carboxylic acids is 1. The summed E-state index contributed by atoms with van der Waals surface area (Å²) in [4.78, 5) is 12.4. The van der Waals surface area contributed by atoms with Gasteiger partial charge in [0.05, 0.1) is 22.0 Å². The van der Waals surface area contributed by atoms with Crippen LogP contribution in [-0.4, -0.2) is 29.8 Å². The number of benzene rings is 2. The van der Waals surface area contributed by atoms with Gasteiger partial charge in [0.15, 0.2) is 9.84 Å². The number of nitrogens with zero attached hydrogens (tertiary/aromatic N) is 1. The van der Waals surface area contributed by atoms with Crippen molar-refractivity contribution in [3.8, 4) is 11.4 Å². The number of nitrogens with one attached hydrogen (secondary N) is 1. The number of halogens is 1. The lowest BCUT2D eigenvalue weighted by Crippen LogP contribution is -2.13. The number of hydrogen-bond acceptors (Lipinski definition) is 4. The average Bonchev–Trinajstić information content (AvgIpc) is 3.17. The molecule has 0 bridgehead atoms. The van der Waals surface area contributed by atoms with E-state index in [-0.39, 0.29) is 33.3 Å². The summed E-state index contributed by atoms with van der Waals surface area (Å²) in [5.41, 5.74) is 0.256. The van der Waals surface area contributed by atoms with E-state index in [1.54, 1.807) is 29.1 Å². The third-order valence-electron chi connectivity index (χ3n) is 4.05. The fourth-order valence-corrected chi connectivity index (χ4v) is 3.43. The molecule has 3 aromatic rings. The Kier molecular flexibility index (Phi) is 5.00. The summed E-state index contributed by atoms with van der Waals surface area (Å²) in [6.07, 6.45) is 3.35. The molecule has 1 amide bonds. The quantitative estimate of drug-likeness (QED) is 0.656. The van der Waals surface area contributed by atoms with E-state index in [1.807, 2.05) is 0 Å². The molecule has 0 radical (unpaired) electrons. The number of rotatable bonds is 5. The maximum atomic E-state index is 14.3. The van der Waals surface area contributed by atoms with Gasteiger partial charge in [-0.05, 0) is 48.5 Å². The molecular weight excluding hydrogens is 371 g/mol. The molecule has 140 valence electrons. The minimum Gasteiger partial charge on any atom is -0.506 e. The largest absolute Gasteiger partial charge is 0.506 e. The number of phenols is 1. The summed E-state index contributed by atoms with van der Waals surface area (Å²) in [5, 5.41) is 12.3. The van der Waals surface area contributed by atoms with Gasteiger partial charge in [-0.2, -0.15) is 0 Å². The predicted molar refractivity (Wildman–Crippen MR) is 99.5 cm³/mol. The Morgan fingerprint density at radius 3 is 2.48 bits per heavy atom. The van der Waals surface area contributed by atoms with Crippen molar-refractivity contribution in [1.29, 1.82) is 0 Å². The van der Waals surface area contributed by atoms with Gasteiger partial charge in [-0.15, -0.1) is 0 Å². The van der Waals surface area contributed by atoms with Gasteiger partial charge in [-0.1, -0.05) is 6.92 Å². The van der Waals surface area contributed by atoms with Crippen molar-refractivity contribution in [2.24, 2.45) is 0 Å². The molecule has 6 nitrogen and oxygen atoms in total. The molecule has 0 atom stereocenters. The Labute approximate surface area is 155 Å². The van der Waals surface area contributed by atoms with Crippen molar-refractivity contribution in [1.82, 2.24) is 4.57 Å². The van der Waals surface area contributed by atoms with Crippen LogP contribution in [0.1, 0.15) is 17.3 Å². The highest BCUT2D eigenvalue weighted by Crippen LogP contribution is 2.27. The van der Waals surface area contributed by atoms with Crippen LogP contribution in [0.4, 0.5) is 10.1 Å². The van der Waals surface area contributed by atoms with Gasteiger partial charge < -0.3 is 15.0 Å². The molecule has 0 unspecified atom stereocenters. The van der Waals surface area contributed by atoms with Crippen LogP contribution in [0.15, 0.2) is 65.8 Å². The minimum absolute atomic E-state index is 0.0211. The number of aromatic hydroxyl groups is 1. The predicted octanol–water partition coefficient (Wildman–Crippen LogP) is 3.37. The van der Waals surface area contributed by atoms with Crippen LogP contribution in [0.2, 0.25) is 0 Å². The zero-order valence-corrected chi connectivity index (χ0v) is 15.2. The first-order valence-electron chi connectivity index (χ1n) is 8.12. The lowest BCUT2D eigenvalue weighted by Gasteiger charge is -2.11. The molecule has 2 N–H and O–H groups in total. The second-order valence-corrected chi connectivity index (χ2v) is 8.07. The van der Waals surface area contributed by atoms with E-state index in [0.717, 1.165) is 6.07 Å². The van der Waals surface area contributed by atoms with E-state index < -0.39 is 21.6 Å². The molecule has 0 fully saturated rings. The second-order valence-electron chi connectivity index (χ2n) is 5.79. The van der Waals surface area contributed by atoms with Crippen molar-refractivity contribution in [2.45, 2.75) is 11.8 Å². The Bertz CT molecular complexity index is 1090. The lowest BCUT2D eigenvalue weighted by atomic mass is 10.1. The summed E-state index contributed by atoms with van der Waals surface area (Å²) < 4.78 is 39.8. The molecule has 0 spiro atoms. The van der Waals surface area contributed by atoms with Crippen molar-refractivity contribution in [2.75, 3.05) is 11.1 Å². The highest BCUT2D eigenvalue weighted by molar-refractivity contribution is 7.91. The number of phenolic OH excluding ortho intramolecular Hbond substituents is 1. The Morgan fingerprint density at radius 1 is 1.15 bits per heavy atom. The van der Waals surface area contributed by atoms with Crippen LogP contribution in [0.3, 0.4) is 0 Å². The highest BCUT2D eigenvalue weighted by atomic mass is 32.2. The second kappa shape index (κ2) is 7.24. The van der Waals surface area contributed by atoms with Crippen LogP contribution >= 0.6 is 0 Å². The lowest BCUT2D eigenvalue weighted by molar-refractivity contribution is 0.102. The highest BCUT2D eigenvalue weighted by Gasteiger charge is 2.17. The number of carbonyl (C=O) groups is 1. The summed E-state index contributed by atoms with van der Waals surface area (Å²) in [6.45, 7) is 1.50. The molecular formula is C19H17FN2O4S. The van der Waals surface area contributed by atoms with Crippen molar-refractivity contribution in [3.05, 3.63) is 72.3 Å². The summed E-state index contributed by atoms with van der Waals surface area (Å²) in [7, 11) is -3.50. The van der Waals surface area contributed by atoms with Crippen molar-refractivity contribution in [3.63, 3.8) is 0 Å². The molecule has 8 heteroatoms. The normalized spacial score (nSPS) is 11.3. The van der Waals surface area contributed by atoms with Crippen molar-refractivity contribution >= 4 is 21.4 Å². The first-order valence-corrected chi connectivity index (χ1v) is 9.77. The number of hydrogen-bond donors (Lipinski definition) is 2. The first-order chi connectivity index (χ1) is 12.8. The fourth-order valence-electron chi connectivity index (χ4n) is 2.52. The van der Waals surface area contributed by atoms with Crippen LogP contribution in [0.5, 0.6) is 5.75 Å². The van der Waals surface area contributed by atoms with E-state index in [9.17, 15) is 22.7 Å². The Hall–Kier alpha value is -3.13. The molecule has 27 heavy (non-hydrogen) atoms. The van der Waals surface area contributed by atoms with Gasteiger partial charge in [0, 0.05) is 18.0 Å².